The Morgan fingerprint density at radius 1 is 0.417 bits per heavy atom. The van der Waals surface area contributed by atoms with Gasteiger partial charge in [0.1, 0.15) is 0 Å². The van der Waals surface area contributed by atoms with Crippen molar-refractivity contribution in [3.05, 3.63) is 120 Å². The van der Waals surface area contributed by atoms with Crippen molar-refractivity contribution in [1.82, 2.24) is 9.13 Å². The lowest BCUT2D eigenvalue weighted by Gasteiger charge is -2.19. The predicted molar refractivity (Wildman–Crippen MR) is 158 cm³/mol. The Morgan fingerprint density at radius 2 is 0.833 bits per heavy atom. The quantitative estimate of drug-likeness (QED) is 0.209. The summed E-state index contributed by atoms with van der Waals surface area (Å²) in [7, 11) is 0. The number of aromatic nitrogens is 2. The van der Waals surface area contributed by atoms with Gasteiger partial charge in [0.25, 0.3) is 0 Å². The summed E-state index contributed by atoms with van der Waals surface area (Å²) in [4.78, 5) is 0. The molecule has 0 saturated carbocycles. The van der Waals surface area contributed by atoms with E-state index < -0.39 is 0 Å². The summed E-state index contributed by atoms with van der Waals surface area (Å²) >= 11 is 3.73. The molecule has 36 heavy (non-hydrogen) atoms. The highest BCUT2D eigenvalue weighted by atomic mass is 32.1. The highest BCUT2D eigenvalue weighted by molar-refractivity contribution is 7.26. The second kappa shape index (κ2) is 8.37. The maximum absolute atomic E-state index is 2.42. The molecule has 0 atom stereocenters. The second-order valence-electron chi connectivity index (χ2n) is 9.27. The van der Waals surface area contributed by atoms with Gasteiger partial charge in [-0.2, -0.15) is 0 Å². The Kier molecular flexibility index (Phi) is 4.98. The van der Waals surface area contributed by atoms with Crippen LogP contribution in [-0.4, -0.2) is 9.13 Å². The van der Waals surface area contributed by atoms with Gasteiger partial charge in [-0.1, -0.05) is 59.7 Å². The number of rotatable bonds is 2. The molecule has 0 bridgehead atoms. The zero-order valence-electron chi connectivity index (χ0n) is 20.1. The number of fused-ring (bicyclic) bond motifs is 4. The first-order valence-electron chi connectivity index (χ1n) is 12.1. The van der Waals surface area contributed by atoms with Crippen molar-refractivity contribution in [3.63, 3.8) is 0 Å². The fourth-order valence-corrected chi connectivity index (χ4v) is 7.18. The van der Waals surface area contributed by atoms with Gasteiger partial charge in [-0.15, -0.1) is 22.7 Å². The SMILES string of the molecule is Cc1ccc(-n2c3ccccc3sc3cc4sc5ccccc5n(-c5ccc(C)cc5)c4cc32)cc1. The number of aryl methyl sites for hydroxylation is 2. The molecule has 174 valence electrons. The summed E-state index contributed by atoms with van der Waals surface area (Å²) in [5.41, 5.74) is 9.79. The summed E-state index contributed by atoms with van der Waals surface area (Å²) < 4.78 is 9.95. The van der Waals surface area contributed by atoms with Gasteiger partial charge in [-0.3, -0.25) is 0 Å². The van der Waals surface area contributed by atoms with Gasteiger partial charge in [-0.05, 0) is 74.5 Å². The highest BCUT2D eigenvalue weighted by Crippen LogP contribution is 2.38. The first-order valence-corrected chi connectivity index (χ1v) is 13.7. The molecule has 7 rings (SSSR count). The van der Waals surface area contributed by atoms with Crippen molar-refractivity contribution in [2.24, 2.45) is 0 Å². The van der Waals surface area contributed by atoms with E-state index in [2.05, 4.69) is 132 Å². The Labute approximate surface area is 217 Å². The topological polar surface area (TPSA) is 9.86 Å². The Balaban J connectivity index is 1.67. The van der Waals surface area contributed by atoms with Gasteiger partial charge in [0.15, 0.2) is 0 Å². The third kappa shape index (κ3) is 3.45. The average molecular weight is 501 g/mol. The molecular weight excluding hydrogens is 477 g/mol. The highest BCUT2D eigenvalue weighted by Gasteiger charge is 2.14. The number of nitrogens with zero attached hydrogens (tertiary/aromatic N) is 2. The third-order valence-corrected chi connectivity index (χ3v) is 8.98. The minimum atomic E-state index is 1.18. The van der Waals surface area contributed by atoms with Crippen molar-refractivity contribution < 1.29 is 0 Å². The lowest BCUT2D eigenvalue weighted by Crippen LogP contribution is -2.02. The van der Waals surface area contributed by atoms with Gasteiger partial charge in [0.05, 0.1) is 40.9 Å². The Bertz CT molecular complexity index is 1800. The summed E-state index contributed by atoms with van der Waals surface area (Å²) in [5.74, 6) is 0. The van der Waals surface area contributed by atoms with Gasteiger partial charge < -0.3 is 9.13 Å². The standard InChI is InChI=1S/C32H24N2S2/c1-21-11-15-23(16-12-21)33-25-7-3-5-9-29(25)35-31-20-32-28(19-27(31)33)34(24-17-13-22(2)14-18-24)26-8-4-6-10-30(26)36-32/h3-20H,1-2H3. The van der Waals surface area contributed by atoms with Crippen LogP contribution in [0.1, 0.15) is 11.1 Å². The molecule has 0 amide bonds. The van der Waals surface area contributed by atoms with Crippen LogP contribution >= 0.6 is 22.7 Å². The van der Waals surface area contributed by atoms with E-state index in [4.69, 9.17) is 0 Å². The van der Waals surface area contributed by atoms with Crippen molar-refractivity contribution in [2.75, 3.05) is 0 Å². The number of hydrogen-bond acceptors (Lipinski definition) is 2. The number of benzene rings is 5. The van der Waals surface area contributed by atoms with Crippen LogP contribution in [0.2, 0.25) is 0 Å². The van der Waals surface area contributed by atoms with Crippen LogP contribution in [0.3, 0.4) is 0 Å². The number of para-hydroxylation sites is 2. The molecule has 0 aliphatic carbocycles. The van der Waals surface area contributed by atoms with Crippen LogP contribution in [0.5, 0.6) is 0 Å². The minimum Gasteiger partial charge on any atom is -0.308 e. The van der Waals surface area contributed by atoms with Gasteiger partial charge >= 0.3 is 0 Å². The van der Waals surface area contributed by atoms with E-state index in [0.717, 1.165) is 0 Å². The maximum Gasteiger partial charge on any atom is 0.0656 e. The van der Waals surface area contributed by atoms with E-state index in [1.807, 2.05) is 22.7 Å². The molecule has 2 heterocycles. The van der Waals surface area contributed by atoms with Crippen molar-refractivity contribution in [1.29, 1.82) is 0 Å². The van der Waals surface area contributed by atoms with Crippen LogP contribution < -0.4 is 0 Å². The molecule has 2 nitrogen and oxygen atoms in total. The molecule has 2 aromatic heterocycles. The molecule has 7 aromatic rings. The van der Waals surface area contributed by atoms with Crippen LogP contribution in [0.4, 0.5) is 0 Å². The minimum absolute atomic E-state index is 1.18. The smallest absolute Gasteiger partial charge is 0.0656 e. The molecule has 5 aromatic carbocycles. The van der Waals surface area contributed by atoms with Gasteiger partial charge in [-0.25, -0.2) is 0 Å². The fraction of sp³-hybridized carbons (Fsp3) is 0.0625. The summed E-state index contributed by atoms with van der Waals surface area (Å²) in [6.07, 6.45) is 0. The molecule has 0 aliphatic rings. The van der Waals surface area contributed by atoms with E-state index in [-0.39, 0.29) is 0 Å². The van der Waals surface area contributed by atoms with Crippen molar-refractivity contribution >= 4 is 63.5 Å². The number of hydrogen-bond donors (Lipinski definition) is 0. The lowest BCUT2D eigenvalue weighted by molar-refractivity contribution is 1.15. The van der Waals surface area contributed by atoms with Crippen LogP contribution in [0.25, 0.3) is 52.2 Å². The van der Waals surface area contributed by atoms with Crippen molar-refractivity contribution in [2.45, 2.75) is 13.8 Å². The first kappa shape index (κ1) is 21.4. The fourth-order valence-electron chi connectivity index (χ4n) is 4.95. The Morgan fingerprint density at radius 3 is 1.28 bits per heavy atom. The third-order valence-electron chi connectivity index (χ3n) is 6.76. The molecule has 0 aliphatic heterocycles. The second-order valence-corrected chi connectivity index (χ2v) is 11.4. The van der Waals surface area contributed by atoms with Gasteiger partial charge in [0.2, 0.25) is 0 Å². The van der Waals surface area contributed by atoms with E-state index in [1.165, 1.54) is 63.4 Å². The predicted octanol–water partition coefficient (Wildman–Crippen LogP) is 9.75. The largest absolute Gasteiger partial charge is 0.308 e. The molecule has 0 fully saturated rings. The van der Waals surface area contributed by atoms with E-state index in [0.29, 0.717) is 0 Å². The molecule has 0 N–H and O–H groups in total. The first-order chi connectivity index (χ1) is 17.7. The zero-order chi connectivity index (χ0) is 24.2. The monoisotopic (exact) mass is 500 g/mol. The van der Waals surface area contributed by atoms with Crippen LogP contribution in [-0.2, 0) is 0 Å². The lowest BCUT2D eigenvalue weighted by atomic mass is 10.2. The molecular formula is C32H24N2S2. The molecule has 0 radical (unpaired) electrons. The zero-order valence-corrected chi connectivity index (χ0v) is 21.7. The van der Waals surface area contributed by atoms with E-state index in [1.54, 1.807) is 0 Å². The molecule has 0 unspecified atom stereocenters. The van der Waals surface area contributed by atoms with Crippen LogP contribution in [0, 0.1) is 13.8 Å². The Hall–Kier alpha value is -3.86. The van der Waals surface area contributed by atoms with E-state index in [9.17, 15) is 0 Å². The molecule has 0 spiro atoms. The van der Waals surface area contributed by atoms with Gasteiger partial charge in [0, 0.05) is 11.4 Å². The summed E-state index contributed by atoms with van der Waals surface area (Å²) in [5, 5.41) is 0. The summed E-state index contributed by atoms with van der Waals surface area (Å²) in [6, 6.07) is 39.9. The normalized spacial score (nSPS) is 11.6. The van der Waals surface area contributed by atoms with E-state index >= 15 is 0 Å². The molecule has 0 saturated heterocycles. The maximum atomic E-state index is 2.42. The average Bonchev–Trinajstić information content (AvgIpc) is 2.91. The summed E-state index contributed by atoms with van der Waals surface area (Å²) in [6.45, 7) is 4.28. The van der Waals surface area contributed by atoms with Crippen molar-refractivity contribution in [3.8, 4) is 11.4 Å². The van der Waals surface area contributed by atoms with Crippen LogP contribution in [0.15, 0.2) is 109 Å². The molecule has 4 heteroatoms.